The average Bonchev–Trinajstić information content (AvgIpc) is 2.46. The number of halogens is 1. The summed E-state index contributed by atoms with van der Waals surface area (Å²) < 4.78 is 14.0. The molecular formula is C16H21FN2O2. The van der Waals surface area contributed by atoms with Crippen LogP contribution >= 0.6 is 0 Å². The van der Waals surface area contributed by atoms with E-state index in [9.17, 15) is 9.18 Å². The van der Waals surface area contributed by atoms with Crippen molar-refractivity contribution >= 4 is 5.91 Å². The first-order chi connectivity index (χ1) is 9.97. The zero-order valence-electron chi connectivity index (χ0n) is 12.6. The number of aliphatic hydroxyl groups is 1. The van der Waals surface area contributed by atoms with Crippen LogP contribution in [0.15, 0.2) is 18.2 Å². The lowest BCUT2D eigenvalue weighted by Gasteiger charge is -2.20. The predicted molar refractivity (Wildman–Crippen MR) is 79.9 cm³/mol. The molecule has 2 N–H and O–H groups in total. The molecule has 0 aliphatic carbocycles. The van der Waals surface area contributed by atoms with Crippen LogP contribution in [-0.4, -0.2) is 43.2 Å². The van der Waals surface area contributed by atoms with E-state index in [2.05, 4.69) is 17.2 Å². The highest BCUT2D eigenvalue weighted by molar-refractivity contribution is 5.78. The Morgan fingerprint density at radius 1 is 1.52 bits per heavy atom. The lowest BCUT2D eigenvalue weighted by Crippen LogP contribution is -2.34. The average molecular weight is 292 g/mol. The first-order valence-electron chi connectivity index (χ1n) is 6.76. The number of carbonyl (C=O) groups excluding carboxylic acids is 1. The van der Waals surface area contributed by atoms with Crippen LogP contribution in [0.1, 0.15) is 18.1 Å². The summed E-state index contributed by atoms with van der Waals surface area (Å²) in [5.74, 6) is 4.63. The SMILES string of the molecule is CNC(=O)C(C)CN(C)Cc1ccc(C#CCO)cc1F. The maximum atomic E-state index is 14.0. The molecule has 21 heavy (non-hydrogen) atoms. The number of hydrogen-bond acceptors (Lipinski definition) is 3. The summed E-state index contributed by atoms with van der Waals surface area (Å²) in [4.78, 5) is 13.4. The number of amides is 1. The second-order valence-electron chi connectivity index (χ2n) is 4.98. The second kappa shape index (κ2) is 8.40. The molecule has 0 saturated carbocycles. The van der Waals surface area contributed by atoms with Crippen molar-refractivity contribution in [3.63, 3.8) is 0 Å². The van der Waals surface area contributed by atoms with Crippen molar-refractivity contribution in [1.29, 1.82) is 0 Å². The number of carbonyl (C=O) groups is 1. The van der Waals surface area contributed by atoms with Crippen LogP contribution in [0.2, 0.25) is 0 Å². The first-order valence-corrected chi connectivity index (χ1v) is 6.76. The zero-order valence-corrected chi connectivity index (χ0v) is 12.6. The minimum Gasteiger partial charge on any atom is -0.384 e. The number of hydrogen-bond donors (Lipinski definition) is 2. The van der Waals surface area contributed by atoms with E-state index in [1.54, 1.807) is 19.2 Å². The molecule has 0 heterocycles. The summed E-state index contributed by atoms with van der Waals surface area (Å²) in [6.45, 7) is 2.55. The summed E-state index contributed by atoms with van der Waals surface area (Å²) >= 11 is 0. The van der Waals surface area contributed by atoms with Crippen molar-refractivity contribution in [3.05, 3.63) is 35.1 Å². The van der Waals surface area contributed by atoms with Crippen molar-refractivity contribution in [1.82, 2.24) is 10.2 Å². The molecule has 0 spiro atoms. The molecule has 1 amide bonds. The summed E-state index contributed by atoms with van der Waals surface area (Å²) in [5.41, 5.74) is 1.09. The Labute approximate surface area is 125 Å². The van der Waals surface area contributed by atoms with E-state index < -0.39 is 0 Å². The molecule has 0 aliphatic rings. The van der Waals surface area contributed by atoms with Crippen LogP contribution in [0.4, 0.5) is 4.39 Å². The fraction of sp³-hybridized carbons (Fsp3) is 0.438. The highest BCUT2D eigenvalue weighted by atomic mass is 19.1. The van der Waals surface area contributed by atoms with Crippen LogP contribution in [0, 0.1) is 23.6 Å². The van der Waals surface area contributed by atoms with Crippen molar-refractivity contribution in [3.8, 4) is 11.8 Å². The van der Waals surface area contributed by atoms with Gasteiger partial charge in [0, 0.05) is 37.2 Å². The highest BCUT2D eigenvalue weighted by Crippen LogP contribution is 2.13. The summed E-state index contributed by atoms with van der Waals surface area (Å²) in [7, 11) is 3.45. The lowest BCUT2D eigenvalue weighted by atomic mass is 10.1. The van der Waals surface area contributed by atoms with E-state index in [0.717, 1.165) is 0 Å². The standard InChI is InChI=1S/C16H21FN2O2/c1-12(16(21)18-2)10-19(3)11-14-7-6-13(5-4-8-20)9-15(14)17/h6-7,9,12,20H,8,10-11H2,1-3H3,(H,18,21). The largest absolute Gasteiger partial charge is 0.384 e. The van der Waals surface area contributed by atoms with Gasteiger partial charge in [0.2, 0.25) is 5.91 Å². The smallest absolute Gasteiger partial charge is 0.223 e. The van der Waals surface area contributed by atoms with Gasteiger partial charge in [0.1, 0.15) is 12.4 Å². The van der Waals surface area contributed by atoms with Crippen LogP contribution in [0.5, 0.6) is 0 Å². The third-order valence-electron chi connectivity index (χ3n) is 3.08. The third-order valence-corrected chi connectivity index (χ3v) is 3.08. The minimum atomic E-state index is -0.334. The van der Waals surface area contributed by atoms with Gasteiger partial charge in [-0.25, -0.2) is 4.39 Å². The van der Waals surface area contributed by atoms with Crippen LogP contribution < -0.4 is 5.32 Å². The van der Waals surface area contributed by atoms with Crippen molar-refractivity contribution in [2.24, 2.45) is 5.92 Å². The van der Waals surface area contributed by atoms with Crippen LogP contribution in [-0.2, 0) is 11.3 Å². The molecule has 0 saturated heterocycles. The Balaban J connectivity index is 2.68. The van der Waals surface area contributed by atoms with Crippen molar-refractivity contribution in [2.75, 3.05) is 27.2 Å². The number of aliphatic hydroxyl groups excluding tert-OH is 1. The zero-order chi connectivity index (χ0) is 15.8. The molecule has 0 fully saturated rings. The fourth-order valence-electron chi connectivity index (χ4n) is 2.05. The molecule has 5 heteroatoms. The molecule has 0 aromatic heterocycles. The Morgan fingerprint density at radius 2 is 2.24 bits per heavy atom. The molecule has 114 valence electrons. The van der Waals surface area contributed by atoms with Crippen molar-refractivity contribution < 1.29 is 14.3 Å². The number of benzene rings is 1. The van der Waals surface area contributed by atoms with E-state index in [0.29, 0.717) is 24.2 Å². The molecule has 0 radical (unpaired) electrons. The van der Waals surface area contributed by atoms with Gasteiger partial charge in [0.15, 0.2) is 0 Å². The molecule has 1 aromatic carbocycles. The van der Waals surface area contributed by atoms with Crippen molar-refractivity contribution in [2.45, 2.75) is 13.5 Å². The van der Waals surface area contributed by atoms with E-state index >= 15 is 0 Å². The van der Waals surface area contributed by atoms with E-state index in [-0.39, 0.29) is 24.2 Å². The maximum absolute atomic E-state index is 14.0. The lowest BCUT2D eigenvalue weighted by molar-refractivity contribution is -0.124. The maximum Gasteiger partial charge on any atom is 0.223 e. The Hall–Kier alpha value is -1.90. The molecule has 0 bridgehead atoms. The predicted octanol–water partition coefficient (Wildman–Crippen LogP) is 0.983. The second-order valence-corrected chi connectivity index (χ2v) is 4.98. The van der Waals surface area contributed by atoms with Gasteiger partial charge < -0.3 is 15.3 Å². The van der Waals surface area contributed by atoms with E-state index in [4.69, 9.17) is 5.11 Å². The van der Waals surface area contributed by atoms with Crippen LogP contribution in [0.3, 0.4) is 0 Å². The summed E-state index contributed by atoms with van der Waals surface area (Å²) in [5, 5.41) is 11.2. The minimum absolute atomic E-state index is 0.0306. The Kier molecular flexibility index (Phi) is 6.86. The molecular weight excluding hydrogens is 271 g/mol. The fourth-order valence-corrected chi connectivity index (χ4v) is 2.05. The van der Waals surface area contributed by atoms with Gasteiger partial charge in [0.05, 0.1) is 0 Å². The van der Waals surface area contributed by atoms with Gasteiger partial charge in [0.25, 0.3) is 0 Å². The molecule has 1 rings (SSSR count). The summed E-state index contributed by atoms with van der Waals surface area (Å²) in [6, 6.07) is 4.75. The molecule has 4 nitrogen and oxygen atoms in total. The van der Waals surface area contributed by atoms with E-state index in [1.807, 2.05) is 18.9 Å². The van der Waals surface area contributed by atoms with E-state index in [1.165, 1.54) is 6.07 Å². The molecule has 1 atom stereocenters. The first kappa shape index (κ1) is 17.2. The van der Waals surface area contributed by atoms with Gasteiger partial charge in [-0.15, -0.1) is 0 Å². The van der Waals surface area contributed by atoms with Gasteiger partial charge in [-0.2, -0.15) is 0 Å². The molecule has 1 aromatic rings. The Bertz CT molecular complexity index is 549. The number of rotatable bonds is 5. The van der Waals surface area contributed by atoms with Crippen LogP contribution in [0.25, 0.3) is 0 Å². The van der Waals surface area contributed by atoms with Gasteiger partial charge in [-0.1, -0.05) is 24.8 Å². The summed E-state index contributed by atoms with van der Waals surface area (Å²) in [6.07, 6.45) is 0. The molecule has 0 aliphatic heterocycles. The number of nitrogens with one attached hydrogen (secondary N) is 1. The normalized spacial score (nSPS) is 11.7. The van der Waals surface area contributed by atoms with Gasteiger partial charge >= 0.3 is 0 Å². The van der Waals surface area contributed by atoms with Gasteiger partial charge in [-0.05, 0) is 19.2 Å². The molecule has 1 unspecified atom stereocenters. The number of nitrogens with zero attached hydrogens (tertiary/aromatic N) is 1. The Morgan fingerprint density at radius 3 is 2.81 bits per heavy atom. The monoisotopic (exact) mass is 292 g/mol. The van der Waals surface area contributed by atoms with Gasteiger partial charge in [-0.3, -0.25) is 4.79 Å². The third kappa shape index (κ3) is 5.54. The quantitative estimate of drug-likeness (QED) is 0.796. The topological polar surface area (TPSA) is 52.6 Å². The highest BCUT2D eigenvalue weighted by Gasteiger charge is 2.14.